The first-order chi connectivity index (χ1) is 7.58. The molecule has 1 amide bonds. The van der Waals surface area contributed by atoms with Gasteiger partial charge in [-0.1, -0.05) is 6.07 Å². The van der Waals surface area contributed by atoms with Crippen LogP contribution in [0.3, 0.4) is 0 Å². The second-order valence-corrected chi connectivity index (χ2v) is 3.45. The predicted octanol–water partition coefficient (Wildman–Crippen LogP) is 0.613. The third-order valence-corrected chi connectivity index (χ3v) is 2.27. The molecule has 0 saturated carbocycles. The molecule has 4 N–H and O–H groups in total. The Morgan fingerprint density at radius 3 is 2.81 bits per heavy atom. The summed E-state index contributed by atoms with van der Waals surface area (Å²) < 4.78 is 4.89. The molecule has 16 heavy (non-hydrogen) atoms. The highest BCUT2D eigenvalue weighted by molar-refractivity contribution is 5.94. The summed E-state index contributed by atoms with van der Waals surface area (Å²) in [4.78, 5) is 11.6. The van der Waals surface area contributed by atoms with Crippen molar-refractivity contribution in [2.45, 2.75) is 13.0 Å². The highest BCUT2D eigenvalue weighted by Gasteiger charge is 2.15. The molecule has 1 atom stereocenters. The van der Waals surface area contributed by atoms with Crippen LogP contribution < -0.4 is 11.1 Å². The smallest absolute Gasteiger partial charge is 0.254 e. The lowest BCUT2D eigenvalue weighted by molar-refractivity contribution is -0.125. The fourth-order valence-electron chi connectivity index (χ4n) is 1.22. The largest absolute Gasteiger partial charge is 0.508 e. The van der Waals surface area contributed by atoms with Gasteiger partial charge >= 0.3 is 0 Å². The second-order valence-electron chi connectivity index (χ2n) is 3.45. The van der Waals surface area contributed by atoms with Crippen molar-refractivity contribution in [3.8, 4) is 5.75 Å². The standard InChI is InChI=1S/C11H16N2O3/c1-7-3-4-8(5-9(7)14)13-11(15)10(6-12)16-2/h3-5,10,14H,6,12H2,1-2H3,(H,13,15). The molecule has 5 nitrogen and oxygen atoms in total. The zero-order valence-corrected chi connectivity index (χ0v) is 9.36. The first kappa shape index (κ1) is 12.5. The van der Waals surface area contributed by atoms with Crippen molar-refractivity contribution in [3.05, 3.63) is 23.8 Å². The van der Waals surface area contributed by atoms with Gasteiger partial charge in [-0.25, -0.2) is 0 Å². The summed E-state index contributed by atoms with van der Waals surface area (Å²) in [5.74, 6) is -0.187. The van der Waals surface area contributed by atoms with E-state index in [0.717, 1.165) is 5.56 Å². The Labute approximate surface area is 94.2 Å². The molecule has 0 aliphatic rings. The number of benzene rings is 1. The Morgan fingerprint density at radius 1 is 1.62 bits per heavy atom. The van der Waals surface area contributed by atoms with Gasteiger partial charge in [0.25, 0.3) is 5.91 Å². The van der Waals surface area contributed by atoms with Gasteiger partial charge in [-0.2, -0.15) is 0 Å². The molecule has 0 radical (unpaired) electrons. The number of ether oxygens (including phenoxy) is 1. The molecule has 1 aromatic rings. The number of phenols is 1. The van der Waals surface area contributed by atoms with Crippen LogP contribution >= 0.6 is 0 Å². The van der Waals surface area contributed by atoms with E-state index in [4.69, 9.17) is 10.5 Å². The van der Waals surface area contributed by atoms with Crippen LogP contribution in [0.1, 0.15) is 5.56 Å². The molecule has 1 aromatic carbocycles. The molecule has 0 saturated heterocycles. The quantitative estimate of drug-likeness (QED) is 0.699. The minimum atomic E-state index is -0.677. The highest BCUT2D eigenvalue weighted by Crippen LogP contribution is 2.20. The van der Waals surface area contributed by atoms with E-state index >= 15 is 0 Å². The number of aromatic hydroxyl groups is 1. The van der Waals surface area contributed by atoms with Gasteiger partial charge in [-0.05, 0) is 18.6 Å². The number of methoxy groups -OCH3 is 1. The number of rotatable bonds is 4. The molecule has 0 spiro atoms. The van der Waals surface area contributed by atoms with Crippen LogP contribution in [0, 0.1) is 6.92 Å². The van der Waals surface area contributed by atoms with Gasteiger partial charge in [0.1, 0.15) is 11.9 Å². The van der Waals surface area contributed by atoms with Crippen LogP contribution in [0.2, 0.25) is 0 Å². The van der Waals surface area contributed by atoms with Gasteiger partial charge in [0.15, 0.2) is 0 Å². The number of nitrogens with two attached hydrogens (primary N) is 1. The third kappa shape index (κ3) is 2.95. The van der Waals surface area contributed by atoms with E-state index < -0.39 is 6.10 Å². The SMILES string of the molecule is COC(CN)C(=O)Nc1ccc(C)c(O)c1. The van der Waals surface area contributed by atoms with Crippen molar-refractivity contribution >= 4 is 11.6 Å². The minimum Gasteiger partial charge on any atom is -0.508 e. The van der Waals surface area contributed by atoms with Gasteiger partial charge in [0.05, 0.1) is 0 Å². The maximum absolute atomic E-state index is 11.6. The Balaban J connectivity index is 2.73. The van der Waals surface area contributed by atoms with Crippen molar-refractivity contribution in [2.75, 3.05) is 19.0 Å². The summed E-state index contributed by atoms with van der Waals surface area (Å²) in [6.45, 7) is 1.89. The number of hydrogen-bond donors (Lipinski definition) is 3. The molecule has 0 heterocycles. The monoisotopic (exact) mass is 224 g/mol. The lowest BCUT2D eigenvalue weighted by Gasteiger charge is -2.13. The second kappa shape index (κ2) is 5.48. The van der Waals surface area contributed by atoms with E-state index in [2.05, 4.69) is 5.32 Å². The number of phenolic OH excluding ortho intramolecular Hbond substituents is 1. The lowest BCUT2D eigenvalue weighted by atomic mass is 10.2. The van der Waals surface area contributed by atoms with Gasteiger partial charge in [-0.3, -0.25) is 4.79 Å². The number of carbonyl (C=O) groups excluding carboxylic acids is 1. The van der Waals surface area contributed by atoms with Gasteiger partial charge in [-0.15, -0.1) is 0 Å². The fourth-order valence-corrected chi connectivity index (χ4v) is 1.22. The number of anilines is 1. The molecule has 0 fully saturated rings. The lowest BCUT2D eigenvalue weighted by Crippen LogP contribution is -2.35. The summed E-state index contributed by atoms with van der Waals surface area (Å²) >= 11 is 0. The van der Waals surface area contributed by atoms with E-state index in [0.29, 0.717) is 5.69 Å². The molecule has 0 aromatic heterocycles. The van der Waals surface area contributed by atoms with Crippen molar-refractivity contribution < 1.29 is 14.6 Å². The maximum atomic E-state index is 11.6. The van der Waals surface area contributed by atoms with E-state index in [1.807, 2.05) is 0 Å². The average molecular weight is 224 g/mol. The Kier molecular flexibility index (Phi) is 4.28. The number of aryl methyl sites for hydroxylation is 1. The average Bonchev–Trinajstić information content (AvgIpc) is 2.25. The zero-order chi connectivity index (χ0) is 12.1. The maximum Gasteiger partial charge on any atom is 0.254 e. The third-order valence-electron chi connectivity index (χ3n) is 2.27. The first-order valence-corrected chi connectivity index (χ1v) is 4.91. The summed E-state index contributed by atoms with van der Waals surface area (Å²) in [5, 5.41) is 12.1. The first-order valence-electron chi connectivity index (χ1n) is 4.91. The molecule has 0 bridgehead atoms. The van der Waals surface area contributed by atoms with Crippen LogP contribution in [0.4, 0.5) is 5.69 Å². The molecule has 0 aliphatic heterocycles. The Morgan fingerprint density at radius 2 is 2.31 bits per heavy atom. The highest BCUT2D eigenvalue weighted by atomic mass is 16.5. The summed E-state index contributed by atoms with van der Waals surface area (Å²) in [6, 6.07) is 4.90. The van der Waals surface area contributed by atoms with Gasteiger partial charge in [0.2, 0.25) is 0 Å². The summed E-state index contributed by atoms with van der Waals surface area (Å²) in [7, 11) is 1.42. The number of hydrogen-bond acceptors (Lipinski definition) is 4. The molecule has 88 valence electrons. The predicted molar refractivity (Wildman–Crippen MR) is 61.3 cm³/mol. The topological polar surface area (TPSA) is 84.6 Å². The van der Waals surface area contributed by atoms with Crippen molar-refractivity contribution in [3.63, 3.8) is 0 Å². The van der Waals surface area contributed by atoms with Crippen LogP contribution in [-0.4, -0.2) is 30.8 Å². The normalized spacial score (nSPS) is 12.2. The Hall–Kier alpha value is -1.59. The fraction of sp³-hybridized carbons (Fsp3) is 0.364. The molecule has 0 aliphatic carbocycles. The van der Waals surface area contributed by atoms with Gasteiger partial charge < -0.3 is 20.9 Å². The summed E-state index contributed by atoms with van der Waals surface area (Å²) in [6.07, 6.45) is -0.677. The molecular weight excluding hydrogens is 208 g/mol. The Bertz CT molecular complexity index is 375. The van der Waals surface area contributed by atoms with Crippen molar-refractivity contribution in [1.82, 2.24) is 0 Å². The van der Waals surface area contributed by atoms with Crippen LogP contribution in [0.25, 0.3) is 0 Å². The summed E-state index contributed by atoms with van der Waals surface area (Å²) in [5.41, 5.74) is 6.62. The molecule has 5 heteroatoms. The van der Waals surface area contributed by atoms with E-state index in [1.54, 1.807) is 19.1 Å². The van der Waals surface area contributed by atoms with Crippen LogP contribution in [-0.2, 0) is 9.53 Å². The molecule has 1 rings (SSSR count). The number of nitrogens with one attached hydrogen (secondary N) is 1. The molecular formula is C11H16N2O3. The van der Waals surface area contributed by atoms with Gasteiger partial charge in [0, 0.05) is 25.4 Å². The zero-order valence-electron chi connectivity index (χ0n) is 9.36. The van der Waals surface area contributed by atoms with E-state index in [-0.39, 0.29) is 18.2 Å². The number of amides is 1. The minimum absolute atomic E-state index is 0.111. The molecule has 1 unspecified atom stereocenters. The van der Waals surface area contributed by atoms with E-state index in [1.165, 1.54) is 13.2 Å². The van der Waals surface area contributed by atoms with Crippen LogP contribution in [0.5, 0.6) is 5.75 Å². The van der Waals surface area contributed by atoms with Crippen molar-refractivity contribution in [2.24, 2.45) is 5.73 Å². The van der Waals surface area contributed by atoms with Crippen molar-refractivity contribution in [1.29, 1.82) is 0 Å². The van der Waals surface area contributed by atoms with E-state index in [9.17, 15) is 9.90 Å². The number of carbonyl (C=O) groups is 1. The van der Waals surface area contributed by atoms with Crippen LogP contribution in [0.15, 0.2) is 18.2 Å².